The first-order valence-corrected chi connectivity index (χ1v) is 7.86. The van der Waals surface area contributed by atoms with Gasteiger partial charge in [0.15, 0.2) is 0 Å². The van der Waals surface area contributed by atoms with Gasteiger partial charge in [0, 0.05) is 6.04 Å². The van der Waals surface area contributed by atoms with Crippen LogP contribution in [0.5, 0.6) is 0 Å². The molecule has 0 bridgehead atoms. The van der Waals surface area contributed by atoms with Crippen molar-refractivity contribution in [3.8, 4) is 0 Å². The van der Waals surface area contributed by atoms with Crippen LogP contribution in [0, 0.1) is 0 Å². The molecule has 0 aliphatic carbocycles. The number of para-hydroxylation sites is 1. The van der Waals surface area contributed by atoms with Gasteiger partial charge in [-0.2, -0.15) is 0 Å². The van der Waals surface area contributed by atoms with Gasteiger partial charge < -0.3 is 16.8 Å². The van der Waals surface area contributed by atoms with Crippen LogP contribution < -0.4 is 16.8 Å². The predicted octanol–water partition coefficient (Wildman–Crippen LogP) is 0.357. The third-order valence-corrected chi connectivity index (χ3v) is 4.98. The summed E-state index contributed by atoms with van der Waals surface area (Å²) in [7, 11) is -2.91. The molecule has 1 fully saturated rings. The number of sulfone groups is 1. The first-order chi connectivity index (χ1) is 8.89. The van der Waals surface area contributed by atoms with E-state index in [4.69, 9.17) is 11.5 Å². The van der Waals surface area contributed by atoms with Gasteiger partial charge in [0.2, 0.25) is 0 Å². The third-order valence-electron chi connectivity index (χ3n) is 3.27. The number of carbonyl (C=O) groups is 1. The van der Waals surface area contributed by atoms with Crippen molar-refractivity contribution >= 4 is 27.1 Å². The van der Waals surface area contributed by atoms with Gasteiger partial charge in [-0.1, -0.05) is 6.07 Å². The van der Waals surface area contributed by atoms with E-state index in [-0.39, 0.29) is 17.5 Å². The molecule has 0 aromatic heterocycles. The molecular formula is C12H17N3O3S. The van der Waals surface area contributed by atoms with E-state index >= 15 is 0 Å². The predicted molar refractivity (Wildman–Crippen MR) is 74.7 cm³/mol. The average Bonchev–Trinajstić information content (AvgIpc) is 2.33. The summed E-state index contributed by atoms with van der Waals surface area (Å²) in [5.41, 5.74) is 12.4. The number of nitrogen functional groups attached to an aromatic ring is 1. The van der Waals surface area contributed by atoms with E-state index in [0.717, 1.165) is 0 Å². The maximum Gasteiger partial charge on any atom is 0.250 e. The number of rotatable bonds is 3. The third kappa shape index (κ3) is 3.17. The number of hydrogen-bond acceptors (Lipinski definition) is 5. The highest BCUT2D eigenvalue weighted by atomic mass is 32.2. The summed E-state index contributed by atoms with van der Waals surface area (Å²) in [5, 5.41) is 3.15. The zero-order valence-electron chi connectivity index (χ0n) is 10.4. The van der Waals surface area contributed by atoms with E-state index < -0.39 is 15.7 Å². The fourth-order valence-electron chi connectivity index (χ4n) is 2.18. The molecule has 0 spiro atoms. The molecule has 0 saturated carbocycles. The lowest BCUT2D eigenvalue weighted by Gasteiger charge is -2.25. The van der Waals surface area contributed by atoms with Gasteiger partial charge in [-0.3, -0.25) is 4.79 Å². The standard InChI is InChI=1S/C12H17N3O3S/c13-10-3-1-2-9(12(14)16)11(10)15-8-4-6-19(17,18)7-5-8/h1-3,8,15H,4-7,13H2,(H2,14,16). The van der Waals surface area contributed by atoms with E-state index in [1.165, 1.54) is 0 Å². The second-order valence-corrected chi connectivity index (χ2v) is 7.01. The summed E-state index contributed by atoms with van der Waals surface area (Å²) in [5.74, 6) is -0.245. The van der Waals surface area contributed by atoms with Gasteiger partial charge in [-0.25, -0.2) is 8.42 Å². The van der Waals surface area contributed by atoms with Crippen LogP contribution in [0.4, 0.5) is 11.4 Å². The number of benzene rings is 1. The summed E-state index contributed by atoms with van der Waals surface area (Å²) in [6, 6.07) is 4.92. The van der Waals surface area contributed by atoms with Crippen LogP contribution in [0.25, 0.3) is 0 Å². The Bertz CT molecular complexity index is 584. The lowest BCUT2D eigenvalue weighted by Crippen LogP contribution is -2.33. The quantitative estimate of drug-likeness (QED) is 0.693. The van der Waals surface area contributed by atoms with E-state index in [9.17, 15) is 13.2 Å². The van der Waals surface area contributed by atoms with Crippen LogP contribution in [-0.4, -0.2) is 31.9 Å². The molecule has 1 aliphatic rings. The van der Waals surface area contributed by atoms with E-state index in [2.05, 4.69) is 5.32 Å². The van der Waals surface area contributed by atoms with Gasteiger partial charge in [0.05, 0.1) is 28.4 Å². The van der Waals surface area contributed by atoms with Gasteiger partial charge in [0.25, 0.3) is 5.91 Å². The van der Waals surface area contributed by atoms with Crippen molar-refractivity contribution in [3.05, 3.63) is 23.8 Å². The number of hydrogen-bond donors (Lipinski definition) is 3. The molecule has 1 aromatic carbocycles. The maximum atomic E-state index is 11.4. The van der Waals surface area contributed by atoms with Crippen LogP contribution in [0.2, 0.25) is 0 Å². The molecule has 19 heavy (non-hydrogen) atoms. The zero-order chi connectivity index (χ0) is 14.0. The molecule has 1 aromatic rings. The average molecular weight is 283 g/mol. The summed E-state index contributed by atoms with van der Waals surface area (Å²) in [6.45, 7) is 0. The number of nitrogens with two attached hydrogens (primary N) is 2. The van der Waals surface area contributed by atoms with Crippen molar-refractivity contribution in [1.82, 2.24) is 0 Å². The number of amides is 1. The molecule has 5 N–H and O–H groups in total. The molecule has 1 aliphatic heterocycles. The van der Waals surface area contributed by atoms with Crippen molar-refractivity contribution in [2.45, 2.75) is 18.9 Å². The second kappa shape index (κ2) is 5.08. The molecule has 1 saturated heterocycles. The topological polar surface area (TPSA) is 115 Å². The molecule has 0 unspecified atom stereocenters. The molecule has 6 nitrogen and oxygen atoms in total. The van der Waals surface area contributed by atoms with Crippen LogP contribution in [-0.2, 0) is 9.84 Å². The van der Waals surface area contributed by atoms with E-state index in [1.54, 1.807) is 18.2 Å². The van der Waals surface area contributed by atoms with E-state index in [0.29, 0.717) is 29.8 Å². The van der Waals surface area contributed by atoms with Crippen LogP contribution in [0.1, 0.15) is 23.2 Å². The fourth-order valence-corrected chi connectivity index (χ4v) is 3.67. The summed E-state index contributed by atoms with van der Waals surface area (Å²) in [4.78, 5) is 11.3. The van der Waals surface area contributed by atoms with Gasteiger partial charge in [-0.05, 0) is 25.0 Å². The molecule has 7 heteroatoms. The Labute approximate surface area is 112 Å². The Kier molecular flexibility index (Phi) is 3.66. The first kappa shape index (κ1) is 13.7. The Morgan fingerprint density at radius 3 is 2.47 bits per heavy atom. The van der Waals surface area contributed by atoms with Crippen molar-refractivity contribution in [1.29, 1.82) is 0 Å². The highest BCUT2D eigenvalue weighted by Crippen LogP contribution is 2.26. The minimum absolute atomic E-state index is 0.00803. The molecule has 1 heterocycles. The number of carbonyl (C=O) groups excluding carboxylic acids is 1. The van der Waals surface area contributed by atoms with Crippen molar-refractivity contribution in [2.75, 3.05) is 22.6 Å². The van der Waals surface area contributed by atoms with Crippen LogP contribution in [0.15, 0.2) is 18.2 Å². The molecule has 104 valence electrons. The minimum Gasteiger partial charge on any atom is -0.397 e. The number of nitrogens with one attached hydrogen (secondary N) is 1. The largest absolute Gasteiger partial charge is 0.397 e. The normalized spacial score (nSPS) is 18.9. The smallest absolute Gasteiger partial charge is 0.250 e. The Balaban J connectivity index is 2.18. The van der Waals surface area contributed by atoms with Gasteiger partial charge in [-0.15, -0.1) is 0 Å². The van der Waals surface area contributed by atoms with Crippen LogP contribution in [0.3, 0.4) is 0 Å². The highest BCUT2D eigenvalue weighted by molar-refractivity contribution is 7.91. The summed E-state index contributed by atoms with van der Waals surface area (Å²) >= 11 is 0. The molecule has 1 amide bonds. The van der Waals surface area contributed by atoms with Gasteiger partial charge >= 0.3 is 0 Å². The van der Waals surface area contributed by atoms with Crippen molar-refractivity contribution in [3.63, 3.8) is 0 Å². The van der Waals surface area contributed by atoms with Crippen molar-refractivity contribution in [2.24, 2.45) is 5.73 Å². The fraction of sp³-hybridized carbons (Fsp3) is 0.417. The van der Waals surface area contributed by atoms with Crippen molar-refractivity contribution < 1.29 is 13.2 Å². The Morgan fingerprint density at radius 1 is 1.26 bits per heavy atom. The van der Waals surface area contributed by atoms with E-state index in [1.807, 2.05) is 0 Å². The molecule has 0 atom stereocenters. The Morgan fingerprint density at radius 2 is 1.89 bits per heavy atom. The SMILES string of the molecule is NC(=O)c1cccc(N)c1NC1CCS(=O)(=O)CC1. The monoisotopic (exact) mass is 283 g/mol. The highest BCUT2D eigenvalue weighted by Gasteiger charge is 2.24. The summed E-state index contributed by atoms with van der Waals surface area (Å²) in [6.07, 6.45) is 1.02. The van der Waals surface area contributed by atoms with Crippen LogP contribution >= 0.6 is 0 Å². The number of anilines is 2. The Hall–Kier alpha value is -1.76. The summed E-state index contributed by atoms with van der Waals surface area (Å²) < 4.78 is 22.7. The maximum absolute atomic E-state index is 11.4. The second-order valence-electron chi connectivity index (χ2n) is 4.70. The molecule has 2 rings (SSSR count). The zero-order valence-corrected chi connectivity index (χ0v) is 11.2. The minimum atomic E-state index is -2.91. The lowest BCUT2D eigenvalue weighted by molar-refractivity contribution is 0.100. The lowest BCUT2D eigenvalue weighted by atomic mass is 10.1. The number of primary amides is 1. The molecule has 0 radical (unpaired) electrons. The first-order valence-electron chi connectivity index (χ1n) is 6.04. The van der Waals surface area contributed by atoms with Gasteiger partial charge in [0.1, 0.15) is 9.84 Å². The molecular weight excluding hydrogens is 266 g/mol.